The zero-order valence-corrected chi connectivity index (χ0v) is 10.2. The van der Waals surface area contributed by atoms with Gasteiger partial charge in [-0.05, 0) is 34.6 Å². The highest BCUT2D eigenvalue weighted by atomic mass is 16.5. The number of hydrogen-bond donors (Lipinski definition) is 2. The van der Waals surface area contributed by atoms with Gasteiger partial charge in [-0.2, -0.15) is 0 Å². The largest absolute Gasteiger partial charge is 0.472 e. The molecule has 1 heterocycles. The summed E-state index contributed by atoms with van der Waals surface area (Å²) in [6.45, 7) is 11.2. The molecule has 1 aromatic rings. The molecule has 0 radical (unpaired) electrons. The lowest BCUT2D eigenvalue weighted by atomic mass is 10.1. The summed E-state index contributed by atoms with van der Waals surface area (Å²) in [4.78, 5) is 0. The molecule has 0 fully saturated rings. The first-order valence-corrected chi connectivity index (χ1v) is 5.30. The highest BCUT2D eigenvalue weighted by molar-refractivity contribution is 5.12. The van der Waals surface area contributed by atoms with E-state index in [1.165, 1.54) is 0 Å². The van der Waals surface area contributed by atoms with Gasteiger partial charge < -0.3 is 10.1 Å². The quantitative estimate of drug-likeness (QED) is 0.799. The molecule has 0 aliphatic heterocycles. The van der Waals surface area contributed by atoms with Crippen LogP contribution in [0.5, 0.6) is 5.88 Å². The molecule has 0 aliphatic rings. The van der Waals surface area contributed by atoms with Crippen LogP contribution in [0.3, 0.4) is 0 Å². The molecule has 0 bridgehead atoms. The predicted octanol–water partition coefficient (Wildman–Crippen LogP) is 1.87. The molecule has 1 rings (SSSR count). The van der Waals surface area contributed by atoms with Gasteiger partial charge in [-0.25, -0.2) is 0 Å². The van der Waals surface area contributed by atoms with E-state index in [4.69, 9.17) is 4.74 Å². The summed E-state index contributed by atoms with van der Waals surface area (Å²) in [5.41, 5.74) is 1.14. The van der Waals surface area contributed by atoms with Crippen molar-refractivity contribution in [3.05, 3.63) is 11.8 Å². The van der Waals surface area contributed by atoms with Gasteiger partial charge in [0.2, 0.25) is 5.88 Å². The van der Waals surface area contributed by atoms with Gasteiger partial charge in [0, 0.05) is 23.8 Å². The summed E-state index contributed by atoms with van der Waals surface area (Å²) in [7, 11) is 0. The minimum Gasteiger partial charge on any atom is -0.472 e. The van der Waals surface area contributed by atoms with E-state index in [0.29, 0.717) is 5.88 Å². The summed E-state index contributed by atoms with van der Waals surface area (Å²) >= 11 is 0. The molecule has 1 unspecified atom stereocenters. The van der Waals surface area contributed by atoms with Crippen molar-refractivity contribution in [2.75, 3.05) is 6.54 Å². The number of aromatic amines is 1. The fourth-order valence-electron chi connectivity index (χ4n) is 1.15. The van der Waals surface area contributed by atoms with E-state index in [-0.39, 0.29) is 11.6 Å². The minimum absolute atomic E-state index is 0.118. The lowest BCUT2D eigenvalue weighted by molar-refractivity contribution is 0.195. The number of rotatable bonds is 4. The molecule has 4 heteroatoms. The summed E-state index contributed by atoms with van der Waals surface area (Å²) < 4.78 is 5.63. The van der Waals surface area contributed by atoms with Crippen LogP contribution >= 0.6 is 0 Å². The van der Waals surface area contributed by atoms with Crippen molar-refractivity contribution in [1.29, 1.82) is 0 Å². The first kappa shape index (κ1) is 12.0. The number of nitrogens with zero attached hydrogens (tertiary/aromatic N) is 1. The van der Waals surface area contributed by atoms with Crippen molar-refractivity contribution in [2.45, 2.75) is 46.3 Å². The van der Waals surface area contributed by atoms with Crippen molar-refractivity contribution in [1.82, 2.24) is 15.5 Å². The zero-order chi connectivity index (χ0) is 11.5. The highest BCUT2D eigenvalue weighted by Gasteiger charge is 2.12. The molecule has 15 heavy (non-hydrogen) atoms. The third-order valence-corrected chi connectivity index (χ3v) is 1.92. The van der Waals surface area contributed by atoms with Crippen LogP contribution in [0.15, 0.2) is 6.07 Å². The standard InChI is InChI=1S/C11H21N3O/c1-8-6-10(14-13-8)15-9(2)7-12-11(3,4)5/h6,9,12H,7H2,1-5H3,(H,13,14). The second kappa shape index (κ2) is 4.66. The Morgan fingerprint density at radius 3 is 2.67 bits per heavy atom. The summed E-state index contributed by atoms with van der Waals surface area (Å²) in [5.74, 6) is 0.663. The summed E-state index contributed by atoms with van der Waals surface area (Å²) in [6.07, 6.45) is 0.118. The van der Waals surface area contributed by atoms with Crippen molar-refractivity contribution in [3.8, 4) is 5.88 Å². The molecule has 0 saturated heterocycles. The SMILES string of the molecule is Cc1cc(OC(C)CNC(C)(C)C)n[nH]1. The molecule has 4 nitrogen and oxygen atoms in total. The maximum absolute atomic E-state index is 5.63. The topological polar surface area (TPSA) is 49.9 Å². The van der Waals surface area contributed by atoms with Crippen LogP contribution in [0.2, 0.25) is 0 Å². The van der Waals surface area contributed by atoms with Crippen molar-refractivity contribution < 1.29 is 4.74 Å². The number of aromatic nitrogens is 2. The Morgan fingerprint density at radius 1 is 1.53 bits per heavy atom. The fourth-order valence-corrected chi connectivity index (χ4v) is 1.15. The molecule has 0 spiro atoms. The average Bonchev–Trinajstić information content (AvgIpc) is 2.47. The molecule has 2 N–H and O–H groups in total. The molecule has 1 aromatic heterocycles. The molecule has 0 aliphatic carbocycles. The summed E-state index contributed by atoms with van der Waals surface area (Å²) in [5, 5.41) is 10.3. The highest BCUT2D eigenvalue weighted by Crippen LogP contribution is 2.09. The van der Waals surface area contributed by atoms with Crippen LogP contribution in [-0.2, 0) is 0 Å². The average molecular weight is 211 g/mol. The number of ether oxygens (including phenoxy) is 1. The Morgan fingerprint density at radius 2 is 2.20 bits per heavy atom. The lowest BCUT2D eigenvalue weighted by Crippen LogP contribution is -2.41. The van der Waals surface area contributed by atoms with Gasteiger partial charge in [-0.3, -0.25) is 5.10 Å². The van der Waals surface area contributed by atoms with Gasteiger partial charge in [0.1, 0.15) is 6.10 Å². The van der Waals surface area contributed by atoms with Crippen LogP contribution in [0, 0.1) is 6.92 Å². The van der Waals surface area contributed by atoms with Crippen molar-refractivity contribution in [3.63, 3.8) is 0 Å². The molecule has 86 valence electrons. The van der Waals surface area contributed by atoms with E-state index in [2.05, 4.69) is 36.3 Å². The van der Waals surface area contributed by atoms with E-state index < -0.39 is 0 Å². The fraction of sp³-hybridized carbons (Fsp3) is 0.727. The molecule has 0 aromatic carbocycles. The van der Waals surface area contributed by atoms with Gasteiger partial charge in [0.25, 0.3) is 0 Å². The Hall–Kier alpha value is -1.03. The van der Waals surface area contributed by atoms with Crippen LogP contribution in [0.1, 0.15) is 33.4 Å². The zero-order valence-electron chi connectivity index (χ0n) is 10.2. The number of hydrogen-bond acceptors (Lipinski definition) is 3. The number of nitrogens with one attached hydrogen (secondary N) is 2. The Kier molecular flexibility index (Phi) is 3.74. The molecule has 0 amide bonds. The Balaban J connectivity index is 2.33. The van der Waals surface area contributed by atoms with Crippen molar-refractivity contribution in [2.24, 2.45) is 0 Å². The van der Waals surface area contributed by atoms with Gasteiger partial charge in [0.15, 0.2) is 0 Å². The van der Waals surface area contributed by atoms with Crippen LogP contribution < -0.4 is 10.1 Å². The van der Waals surface area contributed by atoms with Crippen LogP contribution in [0.25, 0.3) is 0 Å². The van der Waals surface area contributed by atoms with Gasteiger partial charge >= 0.3 is 0 Å². The first-order chi connectivity index (χ1) is 6.87. The van der Waals surface area contributed by atoms with Crippen LogP contribution in [0.4, 0.5) is 0 Å². The van der Waals surface area contributed by atoms with E-state index in [0.717, 1.165) is 12.2 Å². The Labute approximate surface area is 91.4 Å². The normalized spacial score (nSPS) is 13.9. The molecular formula is C11H21N3O. The van der Waals surface area contributed by atoms with E-state index in [1.54, 1.807) is 0 Å². The second-order valence-electron chi connectivity index (χ2n) is 4.95. The minimum atomic E-state index is 0.118. The van der Waals surface area contributed by atoms with Crippen LogP contribution in [-0.4, -0.2) is 28.4 Å². The van der Waals surface area contributed by atoms with Crippen molar-refractivity contribution >= 4 is 0 Å². The maximum atomic E-state index is 5.63. The summed E-state index contributed by atoms with van der Waals surface area (Å²) in [6, 6.07) is 1.90. The first-order valence-electron chi connectivity index (χ1n) is 5.30. The second-order valence-corrected chi connectivity index (χ2v) is 4.95. The smallest absolute Gasteiger partial charge is 0.233 e. The molecular weight excluding hydrogens is 190 g/mol. The third-order valence-electron chi connectivity index (χ3n) is 1.92. The maximum Gasteiger partial charge on any atom is 0.233 e. The monoisotopic (exact) mass is 211 g/mol. The van der Waals surface area contributed by atoms with Gasteiger partial charge in [-0.15, -0.1) is 5.10 Å². The Bertz CT molecular complexity index is 301. The van der Waals surface area contributed by atoms with Gasteiger partial charge in [-0.1, -0.05) is 0 Å². The molecule has 1 atom stereocenters. The third kappa shape index (κ3) is 4.83. The molecule has 0 saturated carbocycles. The predicted molar refractivity (Wildman–Crippen MR) is 61.2 cm³/mol. The lowest BCUT2D eigenvalue weighted by Gasteiger charge is -2.23. The van der Waals surface area contributed by atoms with E-state index >= 15 is 0 Å². The number of aryl methyl sites for hydroxylation is 1. The number of H-pyrrole nitrogens is 1. The van der Waals surface area contributed by atoms with Gasteiger partial charge in [0.05, 0.1) is 0 Å². The van der Waals surface area contributed by atoms with E-state index in [1.807, 2.05) is 19.9 Å². The van der Waals surface area contributed by atoms with E-state index in [9.17, 15) is 0 Å².